The normalized spacial score (nSPS) is 18.6. The van der Waals surface area contributed by atoms with Crippen LogP contribution in [-0.2, 0) is 4.74 Å². The summed E-state index contributed by atoms with van der Waals surface area (Å²) in [5.74, 6) is -1.23. The van der Waals surface area contributed by atoms with Crippen molar-refractivity contribution in [1.82, 2.24) is 20.3 Å². The molecule has 0 aromatic carbocycles. The van der Waals surface area contributed by atoms with Gasteiger partial charge in [-0.05, 0) is 45.7 Å². The molecule has 1 N–H and O–H groups in total. The molecule has 0 unspecified atom stereocenters. The number of piperidine rings is 1. The van der Waals surface area contributed by atoms with Gasteiger partial charge in [0, 0.05) is 39.0 Å². The van der Waals surface area contributed by atoms with Gasteiger partial charge in [-0.25, -0.2) is 14.8 Å². The number of halogens is 1. The van der Waals surface area contributed by atoms with Crippen molar-refractivity contribution in [3.8, 4) is 5.75 Å². The lowest BCUT2D eigenvalue weighted by Crippen LogP contribution is -2.44. The number of nitrogens with zero attached hydrogens (tertiary/aromatic N) is 3. The lowest BCUT2D eigenvalue weighted by atomic mass is 10.1. The molecule has 0 bridgehead atoms. The Hall–Kier alpha value is -2.42. The van der Waals surface area contributed by atoms with Crippen molar-refractivity contribution in [3.05, 3.63) is 23.8 Å². The summed E-state index contributed by atoms with van der Waals surface area (Å²) in [5.41, 5.74) is 2.21. The minimum absolute atomic E-state index is 0.0124. The second-order valence-electron chi connectivity index (χ2n) is 8.41. The number of carbonyl (C=O) groups excluding carboxylic acids is 2. The van der Waals surface area contributed by atoms with E-state index in [0.29, 0.717) is 25.9 Å². The summed E-state index contributed by atoms with van der Waals surface area (Å²) in [4.78, 5) is 29.7. The molecule has 1 aromatic heterocycles. The Labute approximate surface area is 170 Å². The van der Waals surface area contributed by atoms with Gasteiger partial charge in [0.2, 0.25) is 0 Å². The van der Waals surface area contributed by atoms with E-state index in [-0.39, 0.29) is 23.6 Å². The van der Waals surface area contributed by atoms with E-state index in [1.54, 1.807) is 4.90 Å². The summed E-state index contributed by atoms with van der Waals surface area (Å²) >= 11 is 0. The zero-order valence-corrected chi connectivity index (χ0v) is 17.2. The lowest BCUT2D eigenvalue weighted by Gasteiger charge is -2.33. The van der Waals surface area contributed by atoms with Crippen LogP contribution in [0.25, 0.3) is 0 Å². The molecule has 2 aliphatic heterocycles. The molecule has 3 rings (SSSR count). The van der Waals surface area contributed by atoms with Gasteiger partial charge in [-0.3, -0.25) is 10.2 Å². The highest BCUT2D eigenvalue weighted by Crippen LogP contribution is 2.22. The highest BCUT2D eigenvalue weighted by Gasteiger charge is 2.28. The van der Waals surface area contributed by atoms with E-state index in [4.69, 9.17) is 9.47 Å². The largest absolute Gasteiger partial charge is 0.485 e. The van der Waals surface area contributed by atoms with E-state index < -0.39 is 17.5 Å². The van der Waals surface area contributed by atoms with Gasteiger partial charge in [-0.1, -0.05) is 0 Å². The molecule has 0 aliphatic carbocycles. The Morgan fingerprint density at radius 3 is 2.38 bits per heavy atom. The summed E-state index contributed by atoms with van der Waals surface area (Å²) in [7, 11) is 0. The van der Waals surface area contributed by atoms with E-state index in [2.05, 4.69) is 10.4 Å². The number of rotatable bonds is 4. The quantitative estimate of drug-likeness (QED) is 0.772. The monoisotopic (exact) mass is 408 g/mol. The Balaban J connectivity index is 1.51. The molecule has 8 nitrogen and oxygen atoms in total. The molecule has 0 atom stereocenters. The molecule has 0 spiro atoms. The van der Waals surface area contributed by atoms with Crippen molar-refractivity contribution in [2.24, 2.45) is 0 Å². The van der Waals surface area contributed by atoms with Gasteiger partial charge >= 0.3 is 6.09 Å². The third kappa shape index (κ3) is 6.03. The smallest absolute Gasteiger partial charge is 0.410 e. The van der Waals surface area contributed by atoms with Crippen molar-refractivity contribution in [1.29, 1.82) is 0 Å². The van der Waals surface area contributed by atoms with E-state index >= 15 is 0 Å². The van der Waals surface area contributed by atoms with Gasteiger partial charge in [0.25, 0.3) is 11.9 Å². The van der Waals surface area contributed by atoms with Gasteiger partial charge in [0.1, 0.15) is 17.4 Å². The van der Waals surface area contributed by atoms with Crippen molar-refractivity contribution in [2.75, 3.05) is 26.2 Å². The van der Waals surface area contributed by atoms with Crippen LogP contribution in [0, 0.1) is 5.95 Å². The average molecular weight is 408 g/mol. The highest BCUT2D eigenvalue weighted by molar-refractivity contribution is 5.91. The maximum Gasteiger partial charge on any atom is 0.410 e. The topological polar surface area (TPSA) is 84.0 Å². The van der Waals surface area contributed by atoms with Crippen molar-refractivity contribution < 1.29 is 23.5 Å². The van der Waals surface area contributed by atoms with Gasteiger partial charge in [-0.15, -0.1) is 0 Å². The predicted molar refractivity (Wildman–Crippen MR) is 104 cm³/mol. The van der Waals surface area contributed by atoms with Crippen LogP contribution in [-0.4, -0.2) is 64.8 Å². The number of nitrogens with one attached hydrogen (secondary N) is 1. The van der Waals surface area contributed by atoms with E-state index in [1.807, 2.05) is 25.8 Å². The number of ether oxygens (including phenoxy) is 2. The van der Waals surface area contributed by atoms with Crippen LogP contribution in [0.2, 0.25) is 0 Å². The fourth-order valence-electron chi connectivity index (χ4n) is 3.33. The van der Waals surface area contributed by atoms with Gasteiger partial charge in [0.15, 0.2) is 5.75 Å². The number of hydrogen-bond donors (Lipinski definition) is 1. The molecule has 2 saturated heterocycles. The Bertz CT molecular complexity index is 738. The van der Waals surface area contributed by atoms with Crippen molar-refractivity contribution >= 4 is 12.0 Å². The molecule has 2 aliphatic rings. The first kappa shape index (κ1) is 21.3. The number of hydrogen-bond acceptors (Lipinski definition) is 6. The highest BCUT2D eigenvalue weighted by atomic mass is 19.1. The first-order valence-electron chi connectivity index (χ1n) is 10.1. The van der Waals surface area contributed by atoms with Crippen LogP contribution < -0.4 is 10.2 Å². The summed E-state index contributed by atoms with van der Waals surface area (Å²) in [6, 6.07) is 2.89. The van der Waals surface area contributed by atoms with Crippen LogP contribution in [0.5, 0.6) is 5.75 Å². The molecular formula is C20H29FN4O4. The van der Waals surface area contributed by atoms with Crippen LogP contribution in [0.1, 0.15) is 56.9 Å². The zero-order valence-electron chi connectivity index (χ0n) is 17.2. The molecule has 160 valence electrons. The number of likely N-dealkylation sites (tertiary alicyclic amines) is 1. The van der Waals surface area contributed by atoms with E-state index in [9.17, 15) is 14.0 Å². The molecule has 1 aromatic rings. The lowest BCUT2D eigenvalue weighted by molar-refractivity contribution is 0.0122. The molecule has 9 heteroatoms. The van der Waals surface area contributed by atoms with Crippen molar-refractivity contribution in [2.45, 2.75) is 58.2 Å². The van der Waals surface area contributed by atoms with Gasteiger partial charge in [0.05, 0.1) is 0 Å². The molecular weight excluding hydrogens is 379 g/mol. The third-order valence-electron chi connectivity index (χ3n) is 4.80. The van der Waals surface area contributed by atoms with E-state index in [1.165, 1.54) is 12.1 Å². The standard InChI is InChI=1S/C20H29FN4O4/c1-20(2,3)29-19(27)24-12-8-14(9-13-24)28-16-7-6-15(22-17(16)21)18(26)23-25-10-4-5-11-25/h6-7,14H,4-5,8-13H2,1-3H3,(H,23,26). The number of aromatic nitrogens is 1. The van der Waals surface area contributed by atoms with Crippen LogP contribution in [0.3, 0.4) is 0 Å². The first-order chi connectivity index (χ1) is 13.7. The average Bonchev–Trinajstić information content (AvgIpc) is 3.15. The Kier molecular flexibility index (Phi) is 6.56. The second-order valence-corrected chi connectivity index (χ2v) is 8.41. The predicted octanol–water partition coefficient (Wildman–Crippen LogP) is 2.74. The Morgan fingerprint density at radius 2 is 1.79 bits per heavy atom. The number of hydrazine groups is 1. The maximum atomic E-state index is 14.4. The third-order valence-corrected chi connectivity index (χ3v) is 4.80. The fourth-order valence-corrected chi connectivity index (χ4v) is 3.33. The second kappa shape index (κ2) is 8.94. The number of pyridine rings is 1. The summed E-state index contributed by atoms with van der Waals surface area (Å²) in [6.45, 7) is 8.01. The van der Waals surface area contributed by atoms with Crippen LogP contribution in [0.4, 0.5) is 9.18 Å². The summed E-state index contributed by atoms with van der Waals surface area (Å²) in [6.07, 6.45) is 2.61. The molecule has 0 saturated carbocycles. The first-order valence-corrected chi connectivity index (χ1v) is 10.1. The molecule has 2 amide bonds. The van der Waals surface area contributed by atoms with Crippen LogP contribution in [0.15, 0.2) is 12.1 Å². The number of carbonyl (C=O) groups is 2. The molecule has 2 fully saturated rings. The summed E-state index contributed by atoms with van der Waals surface area (Å²) in [5, 5.41) is 1.81. The van der Waals surface area contributed by atoms with Gasteiger partial charge in [-0.2, -0.15) is 4.39 Å². The number of amides is 2. The van der Waals surface area contributed by atoms with E-state index in [0.717, 1.165) is 25.9 Å². The molecule has 0 radical (unpaired) electrons. The Morgan fingerprint density at radius 1 is 1.14 bits per heavy atom. The minimum atomic E-state index is -0.811. The van der Waals surface area contributed by atoms with Gasteiger partial charge < -0.3 is 14.4 Å². The zero-order chi connectivity index (χ0) is 21.0. The van der Waals surface area contributed by atoms with Crippen LogP contribution >= 0.6 is 0 Å². The molecule has 3 heterocycles. The van der Waals surface area contributed by atoms with Crippen molar-refractivity contribution in [3.63, 3.8) is 0 Å². The fraction of sp³-hybridized carbons (Fsp3) is 0.650. The SMILES string of the molecule is CC(C)(C)OC(=O)N1CCC(Oc2ccc(C(=O)NN3CCCC3)nc2F)CC1. The molecule has 29 heavy (non-hydrogen) atoms. The summed E-state index contributed by atoms with van der Waals surface area (Å²) < 4.78 is 25.4. The minimum Gasteiger partial charge on any atom is -0.485 e. The maximum absolute atomic E-state index is 14.4.